The average Bonchev–Trinajstić information content (AvgIpc) is 2.77. The highest BCUT2D eigenvalue weighted by Gasteiger charge is 2.27. The van der Waals surface area contributed by atoms with Gasteiger partial charge in [-0.15, -0.1) is 11.3 Å². The van der Waals surface area contributed by atoms with E-state index in [4.69, 9.17) is 16.7 Å². The third kappa shape index (κ3) is 3.04. The molecule has 2 aromatic rings. The Morgan fingerprint density at radius 1 is 1.29 bits per heavy atom. The molecule has 2 N–H and O–H groups in total. The lowest BCUT2D eigenvalue weighted by Gasteiger charge is -2.12. The third-order valence-corrected chi connectivity index (χ3v) is 5.91. The lowest BCUT2D eigenvalue weighted by atomic mass is 10.2. The van der Waals surface area contributed by atoms with Crippen molar-refractivity contribution in [2.45, 2.75) is 18.7 Å². The maximum atomic E-state index is 12.5. The largest absolute Gasteiger partial charge is 0.477 e. The van der Waals surface area contributed by atoms with Gasteiger partial charge in [0.1, 0.15) is 9.77 Å². The number of carbonyl (C=O) groups is 1. The number of carboxylic acids is 1. The second-order valence-electron chi connectivity index (χ2n) is 4.42. The lowest BCUT2D eigenvalue weighted by Crippen LogP contribution is -2.17. The van der Waals surface area contributed by atoms with Crippen LogP contribution in [0.3, 0.4) is 0 Å². The SMILES string of the molecule is Cc1cccc(Cl)c1NS(=O)(=O)c1c(C)csc1C(=O)O. The minimum atomic E-state index is -4.03. The number of hydrogen-bond donors (Lipinski definition) is 2. The molecule has 5 nitrogen and oxygen atoms in total. The number of aromatic carboxylic acids is 1. The van der Waals surface area contributed by atoms with E-state index in [2.05, 4.69) is 4.72 Å². The zero-order valence-electron chi connectivity index (χ0n) is 11.2. The smallest absolute Gasteiger partial charge is 0.347 e. The van der Waals surface area contributed by atoms with Crippen LogP contribution in [0.4, 0.5) is 5.69 Å². The molecule has 112 valence electrons. The first-order chi connectivity index (χ1) is 9.74. The predicted octanol–water partition coefficient (Wildman–Crippen LogP) is 3.52. The van der Waals surface area contributed by atoms with Crippen molar-refractivity contribution in [3.05, 3.63) is 44.6 Å². The molecule has 0 spiro atoms. The summed E-state index contributed by atoms with van der Waals surface area (Å²) in [4.78, 5) is 10.7. The first-order valence-electron chi connectivity index (χ1n) is 5.83. The molecule has 0 fully saturated rings. The second kappa shape index (κ2) is 5.67. The van der Waals surface area contributed by atoms with Crippen LogP contribution in [0.15, 0.2) is 28.5 Å². The van der Waals surface area contributed by atoms with Crippen molar-refractivity contribution < 1.29 is 18.3 Å². The molecule has 0 aliphatic carbocycles. The first-order valence-corrected chi connectivity index (χ1v) is 8.57. The molecule has 0 radical (unpaired) electrons. The molecular formula is C13H12ClNO4S2. The topological polar surface area (TPSA) is 83.5 Å². The van der Waals surface area contributed by atoms with Crippen LogP contribution in [0.1, 0.15) is 20.8 Å². The number of nitrogens with one attached hydrogen (secondary N) is 1. The Hall–Kier alpha value is -1.57. The first kappa shape index (κ1) is 15.8. The molecule has 1 aromatic heterocycles. The molecule has 0 aliphatic rings. The summed E-state index contributed by atoms with van der Waals surface area (Å²) in [6.07, 6.45) is 0. The van der Waals surface area contributed by atoms with Crippen molar-refractivity contribution in [3.8, 4) is 0 Å². The normalized spacial score (nSPS) is 11.4. The number of hydrogen-bond acceptors (Lipinski definition) is 4. The van der Waals surface area contributed by atoms with Crippen molar-refractivity contribution in [2.75, 3.05) is 4.72 Å². The van der Waals surface area contributed by atoms with Crippen molar-refractivity contribution in [1.29, 1.82) is 0 Å². The summed E-state index contributed by atoms with van der Waals surface area (Å²) >= 11 is 6.88. The third-order valence-electron chi connectivity index (χ3n) is 2.84. The quantitative estimate of drug-likeness (QED) is 0.888. The standard InChI is InChI=1S/C13H12ClNO4S2/c1-7-4-3-5-9(14)10(7)15-21(18,19)12-8(2)6-20-11(12)13(16)17/h3-6,15H,1-2H3,(H,16,17). The van der Waals surface area contributed by atoms with Gasteiger partial charge >= 0.3 is 5.97 Å². The van der Waals surface area contributed by atoms with E-state index in [9.17, 15) is 13.2 Å². The second-order valence-corrected chi connectivity index (χ2v) is 7.33. The zero-order valence-corrected chi connectivity index (χ0v) is 13.6. The van der Waals surface area contributed by atoms with Gasteiger partial charge in [-0.3, -0.25) is 4.72 Å². The van der Waals surface area contributed by atoms with Crippen LogP contribution in [0.2, 0.25) is 5.02 Å². The van der Waals surface area contributed by atoms with Crippen molar-refractivity contribution in [2.24, 2.45) is 0 Å². The van der Waals surface area contributed by atoms with Gasteiger partial charge in [-0.25, -0.2) is 13.2 Å². The number of sulfonamides is 1. The highest BCUT2D eigenvalue weighted by atomic mass is 35.5. The highest BCUT2D eigenvalue weighted by molar-refractivity contribution is 7.93. The van der Waals surface area contributed by atoms with Gasteiger partial charge in [-0.1, -0.05) is 23.7 Å². The summed E-state index contributed by atoms with van der Waals surface area (Å²) in [5.74, 6) is -1.27. The molecule has 0 bridgehead atoms. The van der Waals surface area contributed by atoms with Gasteiger partial charge in [0, 0.05) is 0 Å². The van der Waals surface area contributed by atoms with Crippen molar-refractivity contribution in [3.63, 3.8) is 0 Å². The fourth-order valence-electron chi connectivity index (χ4n) is 1.86. The van der Waals surface area contributed by atoms with Gasteiger partial charge in [0.2, 0.25) is 0 Å². The molecule has 21 heavy (non-hydrogen) atoms. The summed E-state index contributed by atoms with van der Waals surface area (Å²) in [5, 5.41) is 10.9. The molecule has 8 heteroatoms. The van der Waals surface area contributed by atoms with E-state index in [1.807, 2.05) is 0 Å². The fraction of sp³-hybridized carbons (Fsp3) is 0.154. The van der Waals surface area contributed by atoms with E-state index >= 15 is 0 Å². The minimum absolute atomic E-state index is 0.218. The predicted molar refractivity (Wildman–Crippen MR) is 83.0 cm³/mol. The van der Waals surface area contributed by atoms with Gasteiger partial charge in [0.05, 0.1) is 10.7 Å². The van der Waals surface area contributed by atoms with Crippen LogP contribution < -0.4 is 4.72 Å². The number of halogens is 1. The Balaban J connectivity index is 2.54. The van der Waals surface area contributed by atoms with E-state index in [1.165, 1.54) is 5.38 Å². The number of aryl methyl sites for hydroxylation is 2. The van der Waals surface area contributed by atoms with Gasteiger partial charge < -0.3 is 5.11 Å². The Bertz CT molecular complexity index is 791. The molecule has 0 saturated heterocycles. The molecule has 0 aliphatic heterocycles. The number of thiophene rings is 1. The molecule has 0 amide bonds. The zero-order chi connectivity index (χ0) is 15.8. The van der Waals surface area contributed by atoms with E-state index in [0.717, 1.165) is 11.3 Å². The van der Waals surface area contributed by atoms with Crippen LogP contribution in [0.25, 0.3) is 0 Å². The highest BCUT2D eigenvalue weighted by Crippen LogP contribution is 2.32. The minimum Gasteiger partial charge on any atom is -0.477 e. The van der Waals surface area contributed by atoms with E-state index in [1.54, 1.807) is 32.0 Å². The molecule has 0 unspecified atom stereocenters. The molecule has 0 saturated carbocycles. The van der Waals surface area contributed by atoms with Crippen molar-refractivity contribution >= 4 is 44.6 Å². The maximum Gasteiger partial charge on any atom is 0.347 e. The molecular weight excluding hydrogens is 334 g/mol. The van der Waals surface area contributed by atoms with Crippen LogP contribution in [-0.2, 0) is 10.0 Å². The summed E-state index contributed by atoms with van der Waals surface area (Å²) in [6.45, 7) is 3.26. The lowest BCUT2D eigenvalue weighted by molar-refractivity contribution is 0.0698. The average molecular weight is 346 g/mol. The molecule has 0 atom stereocenters. The molecule has 1 heterocycles. The van der Waals surface area contributed by atoms with Gasteiger partial charge in [-0.2, -0.15) is 0 Å². The molecule has 1 aromatic carbocycles. The molecule has 2 rings (SSSR count). The Labute approximate surface area is 131 Å². The summed E-state index contributed by atoms with van der Waals surface area (Å²) < 4.78 is 27.4. The van der Waals surface area contributed by atoms with Gasteiger partial charge in [-0.05, 0) is 36.4 Å². The van der Waals surface area contributed by atoms with Crippen LogP contribution >= 0.6 is 22.9 Å². The van der Waals surface area contributed by atoms with Crippen LogP contribution in [0.5, 0.6) is 0 Å². The monoisotopic (exact) mass is 345 g/mol. The Morgan fingerprint density at radius 3 is 2.52 bits per heavy atom. The number of para-hydroxylation sites is 1. The summed E-state index contributed by atoms with van der Waals surface area (Å²) in [6, 6.07) is 4.97. The van der Waals surface area contributed by atoms with E-state index in [0.29, 0.717) is 11.1 Å². The number of carboxylic acid groups (broad SMARTS) is 1. The number of benzene rings is 1. The number of anilines is 1. The van der Waals surface area contributed by atoms with Gasteiger partial charge in [0.25, 0.3) is 10.0 Å². The fourth-order valence-corrected chi connectivity index (χ4v) is 4.97. The van der Waals surface area contributed by atoms with Crippen molar-refractivity contribution in [1.82, 2.24) is 0 Å². The van der Waals surface area contributed by atoms with Crippen LogP contribution in [-0.4, -0.2) is 19.5 Å². The Kier molecular flexibility index (Phi) is 4.27. The summed E-state index contributed by atoms with van der Waals surface area (Å²) in [7, 11) is -4.03. The van der Waals surface area contributed by atoms with E-state index < -0.39 is 16.0 Å². The van der Waals surface area contributed by atoms with Gasteiger partial charge in [0.15, 0.2) is 0 Å². The summed E-state index contributed by atoms with van der Waals surface area (Å²) in [5.41, 5.74) is 1.28. The Morgan fingerprint density at radius 2 is 1.95 bits per heavy atom. The van der Waals surface area contributed by atoms with Crippen LogP contribution in [0, 0.1) is 13.8 Å². The van der Waals surface area contributed by atoms with E-state index in [-0.39, 0.29) is 20.5 Å². The number of rotatable bonds is 4. The maximum absolute atomic E-state index is 12.5.